The first-order chi connectivity index (χ1) is 9.20. The van der Waals surface area contributed by atoms with Crippen LogP contribution >= 0.6 is 15.9 Å². The molecule has 1 fully saturated rings. The fraction of sp³-hybridized carbons (Fsp3) is 0.429. The van der Waals surface area contributed by atoms with Gasteiger partial charge < -0.3 is 4.90 Å². The Morgan fingerprint density at radius 3 is 2.42 bits per heavy atom. The van der Waals surface area contributed by atoms with Gasteiger partial charge in [0.2, 0.25) is 0 Å². The van der Waals surface area contributed by atoms with E-state index in [1.807, 2.05) is 29.2 Å². The molecule has 1 heterocycles. The Kier molecular flexibility index (Phi) is 4.94. The van der Waals surface area contributed by atoms with E-state index in [-0.39, 0.29) is 5.91 Å². The van der Waals surface area contributed by atoms with Crippen molar-refractivity contribution in [2.24, 2.45) is 0 Å². The summed E-state index contributed by atoms with van der Waals surface area (Å²) < 4.78 is 0.977. The molecule has 1 saturated heterocycles. The molecule has 0 radical (unpaired) electrons. The van der Waals surface area contributed by atoms with Gasteiger partial charge in [0.15, 0.2) is 0 Å². The van der Waals surface area contributed by atoms with Crippen LogP contribution in [0.5, 0.6) is 0 Å². The molecule has 4 nitrogen and oxygen atoms in total. The van der Waals surface area contributed by atoms with Crippen molar-refractivity contribution in [3.8, 4) is 6.07 Å². The van der Waals surface area contributed by atoms with Crippen molar-refractivity contribution in [2.75, 3.05) is 32.7 Å². The number of halogens is 1. The van der Waals surface area contributed by atoms with Gasteiger partial charge in [-0.15, -0.1) is 0 Å². The van der Waals surface area contributed by atoms with E-state index in [0.29, 0.717) is 6.42 Å². The number of nitrogens with zero attached hydrogens (tertiary/aromatic N) is 3. The average molecular weight is 322 g/mol. The highest BCUT2D eigenvalue weighted by Crippen LogP contribution is 2.13. The maximum absolute atomic E-state index is 12.3. The number of nitriles is 1. The molecule has 0 bridgehead atoms. The highest BCUT2D eigenvalue weighted by molar-refractivity contribution is 9.10. The largest absolute Gasteiger partial charge is 0.336 e. The molecule has 5 heteroatoms. The number of rotatable bonds is 3. The lowest BCUT2D eigenvalue weighted by Gasteiger charge is -2.34. The summed E-state index contributed by atoms with van der Waals surface area (Å²) in [6.07, 6.45) is 0.556. The molecule has 0 spiro atoms. The van der Waals surface area contributed by atoms with E-state index >= 15 is 0 Å². The van der Waals surface area contributed by atoms with Crippen molar-refractivity contribution in [1.29, 1.82) is 5.26 Å². The molecule has 1 aromatic rings. The molecule has 0 atom stereocenters. The lowest BCUT2D eigenvalue weighted by molar-refractivity contribution is 0.0639. The van der Waals surface area contributed by atoms with Gasteiger partial charge in [-0.05, 0) is 24.3 Å². The third kappa shape index (κ3) is 3.79. The van der Waals surface area contributed by atoms with Crippen LogP contribution in [-0.4, -0.2) is 48.4 Å². The minimum atomic E-state index is 0.0902. The van der Waals surface area contributed by atoms with Gasteiger partial charge in [0, 0.05) is 49.2 Å². The van der Waals surface area contributed by atoms with Crippen LogP contribution in [0.1, 0.15) is 16.8 Å². The van der Waals surface area contributed by atoms with Gasteiger partial charge in [0.25, 0.3) is 5.91 Å². The first-order valence-corrected chi connectivity index (χ1v) is 7.14. The first-order valence-electron chi connectivity index (χ1n) is 6.35. The number of carbonyl (C=O) groups excluding carboxylic acids is 1. The topological polar surface area (TPSA) is 47.3 Å². The Hall–Kier alpha value is -1.38. The van der Waals surface area contributed by atoms with E-state index in [1.165, 1.54) is 0 Å². The van der Waals surface area contributed by atoms with Gasteiger partial charge in [-0.25, -0.2) is 0 Å². The highest BCUT2D eigenvalue weighted by atomic mass is 79.9. The van der Waals surface area contributed by atoms with Crippen LogP contribution in [0.25, 0.3) is 0 Å². The van der Waals surface area contributed by atoms with Crippen molar-refractivity contribution >= 4 is 21.8 Å². The van der Waals surface area contributed by atoms with E-state index in [2.05, 4.69) is 26.9 Å². The predicted octanol–water partition coefficient (Wildman–Crippen LogP) is 2.12. The third-order valence-corrected chi connectivity index (χ3v) is 3.82. The molecular weight excluding hydrogens is 306 g/mol. The zero-order chi connectivity index (χ0) is 13.7. The second-order valence-corrected chi connectivity index (χ2v) is 5.46. The summed E-state index contributed by atoms with van der Waals surface area (Å²) in [5.74, 6) is 0.0902. The number of benzene rings is 1. The molecule has 0 saturated carbocycles. The lowest BCUT2D eigenvalue weighted by Crippen LogP contribution is -2.48. The second kappa shape index (κ2) is 6.69. The quantitative estimate of drug-likeness (QED) is 0.856. The standard InChI is InChI=1S/C14H16BrN3O/c15-13-4-2-12(3-5-13)14(19)18-10-8-17(9-11-18)7-1-6-16/h2-5H,1,7-11H2. The molecule has 100 valence electrons. The Bertz CT molecular complexity index is 472. The number of amides is 1. The van der Waals surface area contributed by atoms with Crippen LogP contribution in [0.4, 0.5) is 0 Å². The van der Waals surface area contributed by atoms with Crippen molar-refractivity contribution in [3.63, 3.8) is 0 Å². The Morgan fingerprint density at radius 2 is 1.84 bits per heavy atom. The van der Waals surface area contributed by atoms with Crippen molar-refractivity contribution in [2.45, 2.75) is 6.42 Å². The maximum Gasteiger partial charge on any atom is 0.253 e. The Labute approximate surface area is 121 Å². The zero-order valence-electron chi connectivity index (χ0n) is 10.7. The van der Waals surface area contributed by atoms with E-state index in [0.717, 1.165) is 42.8 Å². The zero-order valence-corrected chi connectivity index (χ0v) is 12.3. The number of piperazine rings is 1. The van der Waals surface area contributed by atoms with Gasteiger partial charge in [-0.1, -0.05) is 15.9 Å². The normalized spacial score (nSPS) is 16.1. The van der Waals surface area contributed by atoms with Gasteiger partial charge in [0.05, 0.1) is 6.07 Å². The van der Waals surface area contributed by atoms with Gasteiger partial charge >= 0.3 is 0 Å². The SMILES string of the molecule is N#CCCN1CCN(C(=O)c2ccc(Br)cc2)CC1. The Balaban J connectivity index is 1.89. The van der Waals surface area contributed by atoms with Gasteiger partial charge in [-0.2, -0.15) is 5.26 Å². The molecule has 1 amide bonds. The molecule has 2 rings (SSSR count). The molecule has 0 aromatic heterocycles. The highest BCUT2D eigenvalue weighted by Gasteiger charge is 2.21. The molecular formula is C14H16BrN3O. The van der Waals surface area contributed by atoms with Crippen LogP contribution in [0.15, 0.2) is 28.7 Å². The monoisotopic (exact) mass is 321 g/mol. The molecule has 1 aliphatic heterocycles. The van der Waals surface area contributed by atoms with Crippen molar-refractivity contribution in [3.05, 3.63) is 34.3 Å². The molecule has 19 heavy (non-hydrogen) atoms. The molecule has 0 aliphatic carbocycles. The second-order valence-electron chi connectivity index (χ2n) is 4.55. The number of hydrogen-bond donors (Lipinski definition) is 0. The Morgan fingerprint density at radius 1 is 1.21 bits per heavy atom. The summed E-state index contributed by atoms with van der Waals surface area (Å²) in [5, 5.41) is 8.56. The molecule has 0 unspecified atom stereocenters. The van der Waals surface area contributed by atoms with E-state index in [9.17, 15) is 4.79 Å². The van der Waals surface area contributed by atoms with E-state index in [4.69, 9.17) is 5.26 Å². The van der Waals surface area contributed by atoms with Crippen molar-refractivity contribution < 1.29 is 4.79 Å². The molecule has 0 N–H and O–H groups in total. The molecule has 1 aromatic carbocycles. The summed E-state index contributed by atoms with van der Waals surface area (Å²) in [4.78, 5) is 16.4. The summed E-state index contributed by atoms with van der Waals surface area (Å²) >= 11 is 3.36. The summed E-state index contributed by atoms with van der Waals surface area (Å²) in [6, 6.07) is 9.61. The van der Waals surface area contributed by atoms with Crippen LogP contribution in [0, 0.1) is 11.3 Å². The predicted molar refractivity (Wildman–Crippen MR) is 76.7 cm³/mol. The van der Waals surface area contributed by atoms with E-state index in [1.54, 1.807) is 0 Å². The minimum Gasteiger partial charge on any atom is -0.336 e. The van der Waals surface area contributed by atoms with Gasteiger partial charge in [0.1, 0.15) is 0 Å². The minimum absolute atomic E-state index is 0.0902. The summed E-state index contributed by atoms with van der Waals surface area (Å²) in [6.45, 7) is 3.98. The number of hydrogen-bond acceptors (Lipinski definition) is 3. The van der Waals surface area contributed by atoms with Crippen LogP contribution in [0.3, 0.4) is 0 Å². The van der Waals surface area contributed by atoms with Crippen LogP contribution in [-0.2, 0) is 0 Å². The average Bonchev–Trinajstić information content (AvgIpc) is 2.46. The van der Waals surface area contributed by atoms with Crippen LogP contribution < -0.4 is 0 Å². The fourth-order valence-electron chi connectivity index (χ4n) is 2.16. The third-order valence-electron chi connectivity index (χ3n) is 3.29. The fourth-order valence-corrected chi connectivity index (χ4v) is 2.42. The van der Waals surface area contributed by atoms with Gasteiger partial charge in [-0.3, -0.25) is 9.69 Å². The van der Waals surface area contributed by atoms with Crippen LogP contribution in [0.2, 0.25) is 0 Å². The summed E-state index contributed by atoms with van der Waals surface area (Å²) in [5.41, 5.74) is 0.730. The number of carbonyl (C=O) groups is 1. The van der Waals surface area contributed by atoms with Crippen molar-refractivity contribution in [1.82, 2.24) is 9.80 Å². The molecule has 1 aliphatic rings. The maximum atomic E-state index is 12.3. The lowest BCUT2D eigenvalue weighted by atomic mass is 10.2. The van der Waals surface area contributed by atoms with E-state index < -0.39 is 0 Å². The summed E-state index contributed by atoms with van der Waals surface area (Å²) in [7, 11) is 0. The first kappa shape index (κ1) is 14.0. The smallest absolute Gasteiger partial charge is 0.253 e.